The van der Waals surface area contributed by atoms with Crippen molar-refractivity contribution in [2.24, 2.45) is 0 Å². The van der Waals surface area contributed by atoms with Crippen LogP contribution >= 0.6 is 11.3 Å². The molecule has 0 bridgehead atoms. The highest BCUT2D eigenvalue weighted by atomic mass is 32.1. The Labute approximate surface area is 125 Å². The van der Waals surface area contributed by atoms with Gasteiger partial charge in [0.25, 0.3) is 0 Å². The summed E-state index contributed by atoms with van der Waals surface area (Å²) in [5, 5.41) is 12.0. The highest BCUT2D eigenvalue weighted by molar-refractivity contribution is 7.15. The lowest BCUT2D eigenvalue weighted by molar-refractivity contribution is -0.115. The number of carbonyl (C=O) groups excluding carboxylic acids is 1. The van der Waals surface area contributed by atoms with Crippen LogP contribution in [0, 0.1) is 5.82 Å². The minimum atomic E-state index is -0.315. The Bertz CT molecular complexity index is 623. The maximum absolute atomic E-state index is 12.8. The summed E-state index contributed by atoms with van der Waals surface area (Å²) in [6, 6.07) is 5.85. The standard InChI is InChI=1S/C14H14FN3O2S/c15-10-5-3-9(4-6-10)8-12(19)16-14-18-17-13(21-14)11-2-1-7-20-11/h3-6,11H,1-2,7-8H2,(H,16,18,19). The summed E-state index contributed by atoms with van der Waals surface area (Å²) in [6.07, 6.45) is 2.15. The van der Waals surface area contributed by atoms with Gasteiger partial charge in [-0.15, -0.1) is 10.2 Å². The molecular weight excluding hydrogens is 293 g/mol. The number of carbonyl (C=O) groups is 1. The van der Waals surface area contributed by atoms with E-state index in [4.69, 9.17) is 4.74 Å². The molecule has 1 saturated heterocycles. The van der Waals surface area contributed by atoms with Gasteiger partial charge in [-0.1, -0.05) is 23.5 Å². The van der Waals surface area contributed by atoms with E-state index in [1.165, 1.54) is 23.5 Å². The van der Waals surface area contributed by atoms with Crippen LogP contribution < -0.4 is 5.32 Å². The molecule has 1 unspecified atom stereocenters. The van der Waals surface area contributed by atoms with E-state index in [1.807, 2.05) is 0 Å². The number of nitrogens with zero attached hydrogens (tertiary/aromatic N) is 2. The molecule has 3 rings (SSSR count). The lowest BCUT2D eigenvalue weighted by Crippen LogP contribution is -2.14. The van der Waals surface area contributed by atoms with Crippen LogP contribution in [0.5, 0.6) is 0 Å². The molecule has 1 N–H and O–H groups in total. The van der Waals surface area contributed by atoms with E-state index < -0.39 is 0 Å². The van der Waals surface area contributed by atoms with Crippen LogP contribution in [0.25, 0.3) is 0 Å². The van der Waals surface area contributed by atoms with Crippen LogP contribution in [0.3, 0.4) is 0 Å². The van der Waals surface area contributed by atoms with Crippen molar-refractivity contribution in [3.05, 3.63) is 40.7 Å². The van der Waals surface area contributed by atoms with Crippen LogP contribution in [0.4, 0.5) is 9.52 Å². The SMILES string of the molecule is O=C(Cc1ccc(F)cc1)Nc1nnc(C2CCCO2)s1. The number of anilines is 1. The van der Waals surface area contributed by atoms with Crippen LogP contribution in [0.15, 0.2) is 24.3 Å². The number of hydrogen-bond acceptors (Lipinski definition) is 5. The predicted octanol–water partition coefficient (Wildman–Crippen LogP) is 2.71. The van der Waals surface area contributed by atoms with E-state index >= 15 is 0 Å². The van der Waals surface area contributed by atoms with Crippen molar-refractivity contribution in [3.63, 3.8) is 0 Å². The number of hydrogen-bond donors (Lipinski definition) is 1. The van der Waals surface area contributed by atoms with Crippen molar-refractivity contribution in [2.45, 2.75) is 25.4 Å². The second-order valence-electron chi connectivity index (χ2n) is 4.80. The lowest BCUT2D eigenvalue weighted by Gasteiger charge is -2.03. The zero-order valence-corrected chi connectivity index (χ0v) is 12.0. The first-order valence-electron chi connectivity index (χ1n) is 6.70. The Balaban J connectivity index is 1.58. The average molecular weight is 307 g/mol. The third-order valence-electron chi connectivity index (χ3n) is 3.17. The maximum atomic E-state index is 12.8. The van der Waals surface area contributed by atoms with Gasteiger partial charge in [0, 0.05) is 6.61 Å². The van der Waals surface area contributed by atoms with Gasteiger partial charge in [0.05, 0.1) is 6.42 Å². The first kappa shape index (κ1) is 14.1. The number of halogens is 1. The first-order chi connectivity index (χ1) is 10.2. The van der Waals surface area contributed by atoms with Gasteiger partial charge in [-0.05, 0) is 30.5 Å². The molecule has 1 aliphatic rings. The monoisotopic (exact) mass is 307 g/mol. The molecule has 2 heterocycles. The van der Waals surface area contributed by atoms with Gasteiger partial charge < -0.3 is 10.1 Å². The van der Waals surface area contributed by atoms with E-state index in [-0.39, 0.29) is 24.2 Å². The fourth-order valence-electron chi connectivity index (χ4n) is 2.14. The second kappa shape index (κ2) is 6.28. The summed E-state index contributed by atoms with van der Waals surface area (Å²) in [4.78, 5) is 11.9. The van der Waals surface area contributed by atoms with E-state index in [0.717, 1.165) is 30.0 Å². The number of nitrogens with one attached hydrogen (secondary N) is 1. The molecule has 2 aromatic rings. The Morgan fingerprint density at radius 1 is 1.38 bits per heavy atom. The zero-order valence-electron chi connectivity index (χ0n) is 11.2. The zero-order chi connectivity index (χ0) is 14.7. The molecular formula is C14H14FN3O2S. The molecule has 0 radical (unpaired) electrons. The summed E-state index contributed by atoms with van der Waals surface area (Å²) in [6.45, 7) is 0.747. The minimum absolute atomic E-state index is 0.00486. The fourth-order valence-corrected chi connectivity index (χ4v) is 2.98. The predicted molar refractivity (Wildman–Crippen MR) is 76.6 cm³/mol. The van der Waals surface area contributed by atoms with Gasteiger partial charge in [0.15, 0.2) is 0 Å². The van der Waals surface area contributed by atoms with Gasteiger partial charge in [-0.2, -0.15) is 0 Å². The molecule has 1 atom stereocenters. The topological polar surface area (TPSA) is 64.1 Å². The number of rotatable bonds is 4. The quantitative estimate of drug-likeness (QED) is 0.943. The van der Waals surface area contributed by atoms with Crippen molar-refractivity contribution >= 4 is 22.4 Å². The normalized spacial score (nSPS) is 17.9. The molecule has 0 saturated carbocycles. The van der Waals surface area contributed by atoms with Crippen molar-refractivity contribution in [1.82, 2.24) is 10.2 Å². The van der Waals surface area contributed by atoms with Crippen LogP contribution in [-0.4, -0.2) is 22.7 Å². The highest BCUT2D eigenvalue weighted by Gasteiger charge is 2.22. The van der Waals surface area contributed by atoms with Gasteiger partial charge >= 0.3 is 0 Å². The molecule has 1 amide bonds. The van der Waals surface area contributed by atoms with Crippen LogP contribution in [0.2, 0.25) is 0 Å². The molecule has 7 heteroatoms. The lowest BCUT2D eigenvalue weighted by atomic mass is 10.1. The molecule has 0 aliphatic carbocycles. The van der Waals surface area contributed by atoms with E-state index in [0.29, 0.717) is 5.13 Å². The first-order valence-corrected chi connectivity index (χ1v) is 7.51. The molecule has 1 fully saturated rings. The Morgan fingerprint density at radius 2 is 2.19 bits per heavy atom. The van der Waals surface area contributed by atoms with Crippen molar-refractivity contribution in [2.75, 3.05) is 11.9 Å². The van der Waals surface area contributed by atoms with E-state index in [2.05, 4.69) is 15.5 Å². The molecule has 1 aliphatic heterocycles. The fraction of sp³-hybridized carbons (Fsp3) is 0.357. The number of amides is 1. The van der Waals surface area contributed by atoms with Crippen LogP contribution in [0.1, 0.15) is 29.5 Å². The molecule has 5 nitrogen and oxygen atoms in total. The van der Waals surface area contributed by atoms with Crippen molar-refractivity contribution in [3.8, 4) is 0 Å². The van der Waals surface area contributed by atoms with E-state index in [9.17, 15) is 9.18 Å². The van der Waals surface area contributed by atoms with Gasteiger partial charge in [0.2, 0.25) is 11.0 Å². The molecule has 1 aromatic carbocycles. The largest absolute Gasteiger partial charge is 0.371 e. The summed E-state index contributed by atoms with van der Waals surface area (Å²) in [5.74, 6) is -0.513. The number of ether oxygens (including phenoxy) is 1. The Hall–Kier alpha value is -1.86. The minimum Gasteiger partial charge on any atom is -0.371 e. The molecule has 0 spiro atoms. The summed E-state index contributed by atoms with van der Waals surface area (Å²) in [7, 11) is 0. The second-order valence-corrected chi connectivity index (χ2v) is 5.81. The third-order valence-corrected chi connectivity index (χ3v) is 4.10. The summed E-state index contributed by atoms with van der Waals surface area (Å²) < 4.78 is 18.3. The van der Waals surface area contributed by atoms with E-state index in [1.54, 1.807) is 12.1 Å². The Kier molecular flexibility index (Phi) is 4.21. The van der Waals surface area contributed by atoms with Crippen LogP contribution in [-0.2, 0) is 16.0 Å². The molecule has 110 valence electrons. The summed E-state index contributed by atoms with van der Waals surface area (Å²) in [5.41, 5.74) is 0.748. The van der Waals surface area contributed by atoms with Crippen molar-refractivity contribution in [1.29, 1.82) is 0 Å². The third kappa shape index (κ3) is 3.62. The molecule has 21 heavy (non-hydrogen) atoms. The van der Waals surface area contributed by atoms with Gasteiger partial charge in [0.1, 0.15) is 16.9 Å². The smallest absolute Gasteiger partial charge is 0.230 e. The number of benzene rings is 1. The maximum Gasteiger partial charge on any atom is 0.230 e. The number of aromatic nitrogens is 2. The van der Waals surface area contributed by atoms with Gasteiger partial charge in [-0.25, -0.2) is 4.39 Å². The molecule has 1 aromatic heterocycles. The Morgan fingerprint density at radius 3 is 2.90 bits per heavy atom. The average Bonchev–Trinajstić information content (AvgIpc) is 3.12. The highest BCUT2D eigenvalue weighted by Crippen LogP contribution is 2.31. The van der Waals surface area contributed by atoms with Gasteiger partial charge in [-0.3, -0.25) is 4.79 Å². The summed E-state index contributed by atoms with van der Waals surface area (Å²) >= 11 is 1.33. The van der Waals surface area contributed by atoms with Crippen molar-refractivity contribution < 1.29 is 13.9 Å².